The molecule has 1 aromatic carbocycles. The molecule has 100 valence electrons. The molecule has 2 aromatic rings. The Morgan fingerprint density at radius 2 is 2.21 bits per heavy atom. The molecule has 6 heteroatoms. The van der Waals surface area contributed by atoms with E-state index < -0.39 is 5.97 Å². The Hall–Kier alpha value is -2.37. The molecular weight excluding hydrogens is 246 g/mol. The Balaban J connectivity index is 2.11. The predicted octanol–water partition coefficient (Wildman–Crippen LogP) is 1.20. The number of hydrogen-bond acceptors (Lipinski definition) is 4. The first-order chi connectivity index (χ1) is 9.11. The van der Waals surface area contributed by atoms with Crippen LogP contribution in [0, 0.1) is 0 Å². The molecule has 1 N–H and O–H groups in total. The van der Waals surface area contributed by atoms with Gasteiger partial charge in [-0.2, -0.15) is 5.10 Å². The Morgan fingerprint density at radius 3 is 2.95 bits per heavy atom. The molecule has 1 aromatic heterocycles. The van der Waals surface area contributed by atoms with Gasteiger partial charge in [-0.3, -0.25) is 14.7 Å². The maximum absolute atomic E-state index is 12.1. The van der Waals surface area contributed by atoms with E-state index in [1.807, 2.05) is 0 Å². The van der Waals surface area contributed by atoms with E-state index in [1.54, 1.807) is 38.4 Å². The lowest BCUT2D eigenvalue weighted by atomic mass is 10.1. The van der Waals surface area contributed by atoms with E-state index in [1.165, 1.54) is 4.90 Å². The van der Waals surface area contributed by atoms with Crippen LogP contribution < -0.4 is 0 Å². The van der Waals surface area contributed by atoms with Crippen molar-refractivity contribution in [2.24, 2.45) is 0 Å². The molecule has 6 nitrogen and oxygen atoms in total. The minimum atomic E-state index is -0.414. The maximum atomic E-state index is 12.1. The monoisotopic (exact) mass is 261 g/mol. The summed E-state index contributed by atoms with van der Waals surface area (Å²) in [5, 5.41) is 7.57. The number of esters is 1. The maximum Gasteiger partial charge on any atom is 0.325 e. The van der Waals surface area contributed by atoms with Gasteiger partial charge in [-0.1, -0.05) is 0 Å². The zero-order chi connectivity index (χ0) is 13.8. The number of nitrogens with zero attached hydrogens (tertiary/aromatic N) is 2. The van der Waals surface area contributed by atoms with Gasteiger partial charge in [0.05, 0.1) is 18.3 Å². The first kappa shape index (κ1) is 13.1. The summed E-state index contributed by atoms with van der Waals surface area (Å²) in [7, 11) is 1.57. The van der Waals surface area contributed by atoms with Crippen molar-refractivity contribution in [3.05, 3.63) is 30.0 Å². The number of aromatic amines is 1. The van der Waals surface area contributed by atoms with Gasteiger partial charge in [0.2, 0.25) is 0 Å². The minimum Gasteiger partial charge on any atom is -0.465 e. The van der Waals surface area contributed by atoms with Crippen molar-refractivity contribution < 1.29 is 14.3 Å². The zero-order valence-electron chi connectivity index (χ0n) is 10.8. The number of amides is 1. The van der Waals surface area contributed by atoms with Gasteiger partial charge in [0, 0.05) is 18.0 Å². The third-order valence-corrected chi connectivity index (χ3v) is 2.71. The van der Waals surface area contributed by atoms with Crippen LogP contribution >= 0.6 is 0 Å². The number of H-pyrrole nitrogens is 1. The number of ether oxygens (including phenoxy) is 1. The zero-order valence-corrected chi connectivity index (χ0v) is 10.8. The minimum absolute atomic E-state index is 0.0594. The molecule has 19 heavy (non-hydrogen) atoms. The summed E-state index contributed by atoms with van der Waals surface area (Å²) in [6.07, 6.45) is 1.65. The highest BCUT2D eigenvalue weighted by atomic mass is 16.5. The summed E-state index contributed by atoms with van der Waals surface area (Å²) in [6, 6.07) is 5.22. The topological polar surface area (TPSA) is 75.3 Å². The van der Waals surface area contributed by atoms with Crippen LogP contribution in [0.3, 0.4) is 0 Å². The summed E-state index contributed by atoms with van der Waals surface area (Å²) in [6.45, 7) is 1.98. The Morgan fingerprint density at radius 1 is 1.42 bits per heavy atom. The normalized spacial score (nSPS) is 10.4. The highest BCUT2D eigenvalue weighted by molar-refractivity contribution is 5.98. The third-order valence-electron chi connectivity index (χ3n) is 2.71. The standard InChI is InChI=1S/C13H15N3O3/c1-3-19-12(17)8-16(2)13(18)9-4-5-11-10(6-9)7-14-15-11/h4-7H,3,8H2,1-2H3,(H,14,15). The van der Waals surface area contributed by atoms with Gasteiger partial charge in [0.15, 0.2) is 0 Å². The Kier molecular flexibility index (Phi) is 3.79. The first-order valence-electron chi connectivity index (χ1n) is 5.96. The quantitative estimate of drug-likeness (QED) is 0.839. The summed E-state index contributed by atoms with van der Waals surface area (Å²) in [5.74, 6) is -0.640. The molecule has 0 atom stereocenters. The van der Waals surface area contributed by atoms with E-state index in [4.69, 9.17) is 4.74 Å². The molecule has 0 spiro atoms. The number of carbonyl (C=O) groups excluding carboxylic acids is 2. The SMILES string of the molecule is CCOC(=O)CN(C)C(=O)c1ccc2[nH]ncc2c1. The molecule has 1 amide bonds. The van der Waals surface area contributed by atoms with Crippen LogP contribution in [0.2, 0.25) is 0 Å². The Bertz CT molecular complexity index is 606. The van der Waals surface area contributed by atoms with Crippen molar-refractivity contribution in [2.75, 3.05) is 20.2 Å². The van der Waals surface area contributed by atoms with E-state index in [-0.39, 0.29) is 12.5 Å². The second kappa shape index (κ2) is 5.51. The fourth-order valence-electron chi connectivity index (χ4n) is 1.77. The van der Waals surface area contributed by atoms with Gasteiger partial charge in [0.25, 0.3) is 5.91 Å². The fourth-order valence-corrected chi connectivity index (χ4v) is 1.77. The molecule has 0 aliphatic carbocycles. The van der Waals surface area contributed by atoms with E-state index in [0.717, 1.165) is 10.9 Å². The lowest BCUT2D eigenvalue weighted by Gasteiger charge is -2.16. The number of nitrogens with one attached hydrogen (secondary N) is 1. The number of rotatable bonds is 4. The van der Waals surface area contributed by atoms with Crippen molar-refractivity contribution in [1.29, 1.82) is 0 Å². The number of aromatic nitrogens is 2. The Labute approximate surface area is 110 Å². The molecular formula is C13H15N3O3. The van der Waals surface area contributed by atoms with Crippen molar-refractivity contribution in [3.63, 3.8) is 0 Å². The lowest BCUT2D eigenvalue weighted by Crippen LogP contribution is -2.33. The van der Waals surface area contributed by atoms with Crippen molar-refractivity contribution >= 4 is 22.8 Å². The van der Waals surface area contributed by atoms with Crippen molar-refractivity contribution in [1.82, 2.24) is 15.1 Å². The molecule has 2 rings (SSSR count). The van der Waals surface area contributed by atoms with Crippen LogP contribution in [0.1, 0.15) is 17.3 Å². The van der Waals surface area contributed by atoms with Crippen LogP contribution in [0.25, 0.3) is 10.9 Å². The third kappa shape index (κ3) is 2.90. The highest BCUT2D eigenvalue weighted by Gasteiger charge is 2.16. The van der Waals surface area contributed by atoms with Crippen LogP contribution in [-0.4, -0.2) is 47.2 Å². The summed E-state index contributed by atoms with van der Waals surface area (Å²) in [5.41, 5.74) is 1.38. The molecule has 0 radical (unpaired) electrons. The van der Waals surface area contributed by atoms with E-state index in [9.17, 15) is 9.59 Å². The average Bonchev–Trinajstić information content (AvgIpc) is 2.85. The molecule has 1 heterocycles. The first-order valence-corrected chi connectivity index (χ1v) is 5.96. The molecule has 0 saturated heterocycles. The van der Waals surface area contributed by atoms with E-state index >= 15 is 0 Å². The number of carbonyl (C=O) groups is 2. The van der Waals surface area contributed by atoms with Crippen LogP contribution in [0.15, 0.2) is 24.4 Å². The highest BCUT2D eigenvalue weighted by Crippen LogP contribution is 2.14. The van der Waals surface area contributed by atoms with Gasteiger partial charge < -0.3 is 9.64 Å². The van der Waals surface area contributed by atoms with Crippen LogP contribution in [0.4, 0.5) is 0 Å². The second-order valence-corrected chi connectivity index (χ2v) is 4.14. The van der Waals surface area contributed by atoms with Gasteiger partial charge in [0.1, 0.15) is 6.54 Å². The van der Waals surface area contributed by atoms with Crippen LogP contribution in [-0.2, 0) is 9.53 Å². The van der Waals surface area contributed by atoms with Gasteiger partial charge in [-0.15, -0.1) is 0 Å². The fraction of sp³-hybridized carbons (Fsp3) is 0.308. The number of hydrogen-bond donors (Lipinski definition) is 1. The van der Waals surface area contributed by atoms with Gasteiger partial charge in [-0.05, 0) is 25.1 Å². The molecule has 0 saturated carbocycles. The molecule has 0 aliphatic heterocycles. The van der Waals surface area contributed by atoms with Crippen molar-refractivity contribution in [2.45, 2.75) is 6.92 Å². The van der Waals surface area contributed by atoms with E-state index in [2.05, 4.69) is 10.2 Å². The lowest BCUT2D eigenvalue weighted by molar-refractivity contribution is -0.143. The number of fused-ring (bicyclic) bond motifs is 1. The molecule has 0 unspecified atom stereocenters. The van der Waals surface area contributed by atoms with Gasteiger partial charge >= 0.3 is 5.97 Å². The molecule has 0 aliphatic rings. The van der Waals surface area contributed by atoms with Gasteiger partial charge in [-0.25, -0.2) is 0 Å². The molecule has 0 bridgehead atoms. The smallest absolute Gasteiger partial charge is 0.325 e. The average molecular weight is 261 g/mol. The number of benzene rings is 1. The molecule has 0 fully saturated rings. The van der Waals surface area contributed by atoms with E-state index in [0.29, 0.717) is 12.2 Å². The van der Waals surface area contributed by atoms with Crippen LogP contribution in [0.5, 0.6) is 0 Å². The largest absolute Gasteiger partial charge is 0.465 e. The summed E-state index contributed by atoms with van der Waals surface area (Å²) >= 11 is 0. The summed E-state index contributed by atoms with van der Waals surface area (Å²) < 4.78 is 4.81. The predicted molar refractivity (Wildman–Crippen MR) is 69.7 cm³/mol. The second-order valence-electron chi connectivity index (χ2n) is 4.14. The van der Waals surface area contributed by atoms with Crippen molar-refractivity contribution in [3.8, 4) is 0 Å². The number of likely N-dealkylation sites (N-methyl/N-ethyl adjacent to an activating group) is 1. The summed E-state index contributed by atoms with van der Waals surface area (Å²) in [4.78, 5) is 24.8.